The van der Waals surface area contributed by atoms with Crippen molar-refractivity contribution >= 4 is 28.3 Å². The fraction of sp³-hybridized carbons (Fsp3) is 0. The van der Waals surface area contributed by atoms with E-state index in [4.69, 9.17) is 5.73 Å². The highest BCUT2D eigenvalue weighted by molar-refractivity contribution is 6.13. The van der Waals surface area contributed by atoms with Crippen molar-refractivity contribution in [1.82, 2.24) is 9.97 Å². The summed E-state index contributed by atoms with van der Waals surface area (Å²) in [5, 5.41) is 4.00. The summed E-state index contributed by atoms with van der Waals surface area (Å²) in [5.41, 5.74) is 6.18. The monoisotopic (exact) mass is 282 g/mol. The van der Waals surface area contributed by atoms with Crippen molar-refractivity contribution < 1.29 is 9.18 Å². The van der Waals surface area contributed by atoms with E-state index in [-0.39, 0.29) is 11.7 Å². The van der Waals surface area contributed by atoms with Crippen LogP contribution < -0.4 is 11.1 Å². The molecule has 2 aromatic heterocycles. The fourth-order valence-electron chi connectivity index (χ4n) is 2.03. The Labute approximate surface area is 119 Å². The zero-order valence-electron chi connectivity index (χ0n) is 10.9. The number of nitrogens with one attached hydrogen (secondary N) is 1. The number of hydrogen-bond acceptors (Lipinski definition) is 4. The quantitative estimate of drug-likeness (QED) is 0.757. The van der Waals surface area contributed by atoms with Crippen LogP contribution in [0.25, 0.3) is 10.8 Å². The van der Waals surface area contributed by atoms with E-state index in [1.54, 1.807) is 12.1 Å². The van der Waals surface area contributed by atoms with Gasteiger partial charge in [-0.25, -0.2) is 14.4 Å². The molecular weight excluding hydrogens is 271 g/mol. The summed E-state index contributed by atoms with van der Waals surface area (Å²) < 4.78 is 12.8. The number of anilines is 2. The molecule has 3 N–H and O–H groups in total. The molecule has 2 heterocycles. The van der Waals surface area contributed by atoms with E-state index >= 15 is 0 Å². The first kappa shape index (κ1) is 13.0. The van der Waals surface area contributed by atoms with Crippen molar-refractivity contribution in [2.45, 2.75) is 0 Å². The number of halogens is 1. The molecule has 0 aliphatic carbocycles. The highest BCUT2D eigenvalue weighted by Crippen LogP contribution is 2.22. The van der Waals surface area contributed by atoms with Gasteiger partial charge in [0.25, 0.3) is 5.91 Å². The second-order valence-corrected chi connectivity index (χ2v) is 4.42. The number of nitrogens with zero attached hydrogens (tertiary/aromatic N) is 2. The third-order valence-corrected chi connectivity index (χ3v) is 3.04. The van der Waals surface area contributed by atoms with Crippen molar-refractivity contribution in [3.63, 3.8) is 0 Å². The maximum atomic E-state index is 12.8. The van der Waals surface area contributed by atoms with Crippen LogP contribution >= 0.6 is 0 Å². The Kier molecular flexibility index (Phi) is 3.19. The van der Waals surface area contributed by atoms with Gasteiger partial charge in [-0.1, -0.05) is 24.3 Å². The number of fused-ring (bicyclic) bond motifs is 1. The summed E-state index contributed by atoms with van der Waals surface area (Å²) in [5.74, 6) is -0.213. The maximum Gasteiger partial charge on any atom is 0.259 e. The first-order chi connectivity index (χ1) is 10.1. The number of carbonyl (C=O) groups excluding carboxylic acids is 1. The number of rotatable bonds is 2. The molecule has 0 atom stereocenters. The standard InChI is InChI=1S/C15H11FN4O/c16-9-5-6-13(18-7-9)20-15(21)12-8-19-14(17)11-4-2-1-3-10(11)12/h1-8H,(H2,17,19)(H,18,20,21). The van der Waals surface area contributed by atoms with E-state index in [0.717, 1.165) is 6.20 Å². The van der Waals surface area contributed by atoms with Crippen LogP contribution in [0.15, 0.2) is 48.8 Å². The molecule has 3 aromatic rings. The number of carbonyl (C=O) groups is 1. The highest BCUT2D eigenvalue weighted by atomic mass is 19.1. The summed E-state index contributed by atoms with van der Waals surface area (Å²) in [7, 11) is 0. The van der Waals surface area contributed by atoms with Gasteiger partial charge in [-0.2, -0.15) is 0 Å². The van der Waals surface area contributed by atoms with E-state index in [2.05, 4.69) is 15.3 Å². The van der Waals surface area contributed by atoms with E-state index in [9.17, 15) is 9.18 Å². The Morgan fingerprint density at radius 2 is 1.81 bits per heavy atom. The summed E-state index contributed by atoms with van der Waals surface area (Å²) in [4.78, 5) is 20.1. The minimum atomic E-state index is -0.465. The first-order valence-electron chi connectivity index (χ1n) is 6.21. The molecule has 21 heavy (non-hydrogen) atoms. The lowest BCUT2D eigenvalue weighted by molar-refractivity contribution is 0.102. The topological polar surface area (TPSA) is 80.9 Å². The van der Waals surface area contributed by atoms with Gasteiger partial charge in [-0.3, -0.25) is 4.79 Å². The first-order valence-corrected chi connectivity index (χ1v) is 6.21. The van der Waals surface area contributed by atoms with E-state index in [0.29, 0.717) is 22.2 Å². The molecule has 0 aliphatic heterocycles. The van der Waals surface area contributed by atoms with Crippen molar-refractivity contribution in [2.75, 3.05) is 11.1 Å². The molecule has 0 unspecified atom stereocenters. The predicted molar refractivity (Wildman–Crippen MR) is 78.3 cm³/mol. The van der Waals surface area contributed by atoms with Crippen molar-refractivity contribution in [2.24, 2.45) is 0 Å². The van der Waals surface area contributed by atoms with Gasteiger partial charge in [0, 0.05) is 11.6 Å². The number of aromatic nitrogens is 2. The molecule has 0 bridgehead atoms. The van der Waals surface area contributed by atoms with Gasteiger partial charge in [0.05, 0.1) is 11.8 Å². The molecule has 0 radical (unpaired) electrons. The molecule has 0 aliphatic rings. The number of hydrogen-bond donors (Lipinski definition) is 2. The van der Waals surface area contributed by atoms with Crippen molar-refractivity contribution in [3.8, 4) is 0 Å². The Bertz CT molecular complexity index is 818. The zero-order valence-corrected chi connectivity index (χ0v) is 10.9. The lowest BCUT2D eigenvalue weighted by Crippen LogP contribution is -2.14. The molecule has 104 valence electrons. The molecule has 5 nitrogen and oxygen atoms in total. The van der Waals surface area contributed by atoms with Crippen LogP contribution in [0.3, 0.4) is 0 Å². The van der Waals surface area contributed by atoms with E-state index < -0.39 is 5.82 Å². The lowest BCUT2D eigenvalue weighted by Gasteiger charge is -2.08. The molecule has 0 saturated heterocycles. The second-order valence-electron chi connectivity index (χ2n) is 4.42. The van der Waals surface area contributed by atoms with Gasteiger partial charge in [0.15, 0.2) is 0 Å². The number of nitrogens with two attached hydrogens (primary N) is 1. The number of amides is 1. The second kappa shape index (κ2) is 5.16. The number of pyridine rings is 2. The third kappa shape index (κ3) is 2.51. The largest absolute Gasteiger partial charge is 0.383 e. The fourth-order valence-corrected chi connectivity index (χ4v) is 2.03. The van der Waals surface area contributed by atoms with Crippen LogP contribution in [0.1, 0.15) is 10.4 Å². The van der Waals surface area contributed by atoms with Crippen molar-refractivity contribution in [1.29, 1.82) is 0 Å². The van der Waals surface area contributed by atoms with Crippen LogP contribution in [0.4, 0.5) is 16.0 Å². The van der Waals surface area contributed by atoms with Gasteiger partial charge < -0.3 is 11.1 Å². The van der Waals surface area contributed by atoms with Crippen LogP contribution in [0.2, 0.25) is 0 Å². The molecule has 0 fully saturated rings. The van der Waals surface area contributed by atoms with Gasteiger partial charge in [0.2, 0.25) is 0 Å². The third-order valence-electron chi connectivity index (χ3n) is 3.04. The van der Waals surface area contributed by atoms with Gasteiger partial charge in [-0.05, 0) is 17.5 Å². The summed E-state index contributed by atoms with van der Waals surface area (Å²) in [6.45, 7) is 0. The van der Waals surface area contributed by atoms with E-state index in [1.807, 2.05) is 12.1 Å². The Hall–Kier alpha value is -3.02. The normalized spacial score (nSPS) is 10.5. The molecule has 1 aromatic carbocycles. The Morgan fingerprint density at radius 1 is 1.05 bits per heavy atom. The molecule has 1 amide bonds. The molecule has 0 spiro atoms. The summed E-state index contributed by atoms with van der Waals surface area (Å²) in [6.07, 6.45) is 2.45. The van der Waals surface area contributed by atoms with E-state index in [1.165, 1.54) is 18.3 Å². The van der Waals surface area contributed by atoms with Gasteiger partial charge in [-0.15, -0.1) is 0 Å². The van der Waals surface area contributed by atoms with Crippen LogP contribution in [0, 0.1) is 5.82 Å². The van der Waals surface area contributed by atoms with Crippen LogP contribution in [0.5, 0.6) is 0 Å². The summed E-state index contributed by atoms with van der Waals surface area (Å²) >= 11 is 0. The molecular formula is C15H11FN4O. The smallest absolute Gasteiger partial charge is 0.259 e. The Morgan fingerprint density at radius 3 is 2.52 bits per heavy atom. The summed E-state index contributed by atoms with van der Waals surface area (Å²) in [6, 6.07) is 9.84. The van der Waals surface area contributed by atoms with Crippen LogP contribution in [-0.4, -0.2) is 15.9 Å². The highest BCUT2D eigenvalue weighted by Gasteiger charge is 2.13. The van der Waals surface area contributed by atoms with Gasteiger partial charge in [0.1, 0.15) is 17.5 Å². The average molecular weight is 282 g/mol. The minimum absolute atomic E-state index is 0.266. The van der Waals surface area contributed by atoms with Crippen LogP contribution in [-0.2, 0) is 0 Å². The average Bonchev–Trinajstić information content (AvgIpc) is 2.50. The molecule has 0 saturated carbocycles. The predicted octanol–water partition coefficient (Wildman–Crippen LogP) is 2.60. The maximum absolute atomic E-state index is 12.8. The zero-order chi connectivity index (χ0) is 14.8. The molecule has 3 rings (SSSR count). The SMILES string of the molecule is Nc1ncc(C(=O)Nc2ccc(F)cn2)c2ccccc12. The Balaban J connectivity index is 1.98. The number of nitrogen functional groups attached to an aromatic ring is 1. The van der Waals surface area contributed by atoms with Gasteiger partial charge >= 0.3 is 0 Å². The molecule has 6 heteroatoms. The minimum Gasteiger partial charge on any atom is -0.383 e. The lowest BCUT2D eigenvalue weighted by atomic mass is 10.1. The van der Waals surface area contributed by atoms with Crippen molar-refractivity contribution in [3.05, 3.63) is 60.2 Å². The number of benzene rings is 1.